The van der Waals surface area contributed by atoms with Crippen LogP contribution in [0.15, 0.2) is 54.7 Å². The van der Waals surface area contributed by atoms with Crippen LogP contribution in [0, 0.1) is 0 Å². The van der Waals surface area contributed by atoms with Crippen LogP contribution in [0.4, 0.5) is 5.69 Å². The van der Waals surface area contributed by atoms with Gasteiger partial charge >= 0.3 is 0 Å². The zero-order valence-corrected chi connectivity index (χ0v) is 18.6. The molecule has 0 radical (unpaired) electrons. The molecule has 0 aliphatic carbocycles. The number of anilines is 1. The lowest BCUT2D eigenvalue weighted by Crippen LogP contribution is -2.46. The summed E-state index contributed by atoms with van der Waals surface area (Å²) in [6.07, 6.45) is 4.60. The Kier molecular flexibility index (Phi) is 5.72. The van der Waals surface area contributed by atoms with Gasteiger partial charge in [0.05, 0.1) is 25.1 Å². The molecule has 0 bridgehead atoms. The van der Waals surface area contributed by atoms with Crippen molar-refractivity contribution in [2.24, 2.45) is 0 Å². The number of nitrogens with one attached hydrogen (secondary N) is 1. The Hall–Kier alpha value is -3.45. The monoisotopic (exact) mass is 445 g/mol. The van der Waals surface area contributed by atoms with Crippen molar-refractivity contribution in [3.63, 3.8) is 0 Å². The quantitative estimate of drug-likeness (QED) is 0.785. The average molecular weight is 446 g/mol. The van der Waals surface area contributed by atoms with Crippen molar-refractivity contribution < 1.29 is 19.1 Å². The molecule has 1 N–H and O–H groups in total. The van der Waals surface area contributed by atoms with Crippen LogP contribution in [0.3, 0.4) is 0 Å². The smallest absolute Gasteiger partial charge is 0.246 e. The van der Waals surface area contributed by atoms with E-state index in [-0.39, 0.29) is 48.8 Å². The Balaban J connectivity index is 1.38. The highest BCUT2D eigenvalue weighted by atomic mass is 16.5. The van der Waals surface area contributed by atoms with Crippen molar-refractivity contribution in [3.05, 3.63) is 71.4 Å². The van der Waals surface area contributed by atoms with Gasteiger partial charge in [-0.3, -0.25) is 14.4 Å². The molecule has 0 saturated carbocycles. The maximum atomic E-state index is 13.6. The number of hydrogen-bond donors (Lipinski definition) is 1. The molecule has 3 aliphatic rings. The molecule has 3 atom stereocenters. The summed E-state index contributed by atoms with van der Waals surface area (Å²) in [5.74, 6) is -0.0973. The van der Waals surface area contributed by atoms with E-state index in [2.05, 4.69) is 11.4 Å². The second-order valence-corrected chi connectivity index (χ2v) is 8.87. The summed E-state index contributed by atoms with van der Waals surface area (Å²) in [6.45, 7) is 2.66. The Labute approximate surface area is 193 Å². The van der Waals surface area contributed by atoms with E-state index >= 15 is 0 Å². The second-order valence-electron chi connectivity index (χ2n) is 8.87. The number of amides is 3. The number of benzene rings is 2. The van der Waals surface area contributed by atoms with Crippen molar-refractivity contribution in [1.29, 1.82) is 0 Å². The first-order chi connectivity index (χ1) is 16.0. The third kappa shape index (κ3) is 4.16. The molecule has 3 aliphatic heterocycles. The number of fused-ring (bicyclic) bond motifs is 2. The number of nitrogens with zero attached hydrogens (tertiary/aromatic N) is 2. The van der Waals surface area contributed by atoms with Gasteiger partial charge < -0.3 is 19.9 Å². The highest BCUT2D eigenvalue weighted by molar-refractivity contribution is 5.97. The number of carbonyl (C=O) groups is 3. The van der Waals surface area contributed by atoms with Crippen molar-refractivity contribution >= 4 is 29.5 Å². The number of ether oxygens (including phenoxy) is 1. The summed E-state index contributed by atoms with van der Waals surface area (Å²) in [4.78, 5) is 41.2. The van der Waals surface area contributed by atoms with Gasteiger partial charge in [0.1, 0.15) is 6.61 Å². The van der Waals surface area contributed by atoms with Gasteiger partial charge in [-0.1, -0.05) is 42.5 Å². The Morgan fingerprint density at radius 1 is 1.09 bits per heavy atom. The number of hydrogen-bond acceptors (Lipinski definition) is 4. The lowest BCUT2D eigenvalue weighted by molar-refractivity contribution is -0.132. The fourth-order valence-corrected chi connectivity index (χ4v) is 5.20. The Bertz CT molecular complexity index is 1130. The fourth-order valence-electron chi connectivity index (χ4n) is 5.20. The largest absolute Gasteiger partial charge is 0.370 e. The van der Waals surface area contributed by atoms with Gasteiger partial charge in [-0.2, -0.15) is 0 Å². The maximum absolute atomic E-state index is 13.6. The van der Waals surface area contributed by atoms with Crippen LogP contribution >= 0.6 is 0 Å². The van der Waals surface area contributed by atoms with E-state index in [1.54, 1.807) is 11.1 Å². The summed E-state index contributed by atoms with van der Waals surface area (Å²) in [5, 5.41) is 2.99. The van der Waals surface area contributed by atoms with E-state index in [1.807, 2.05) is 53.4 Å². The maximum Gasteiger partial charge on any atom is 0.246 e. The molecule has 7 heteroatoms. The molecule has 7 nitrogen and oxygen atoms in total. The van der Waals surface area contributed by atoms with Crippen LogP contribution in [0.1, 0.15) is 48.4 Å². The van der Waals surface area contributed by atoms with Gasteiger partial charge in [0.15, 0.2) is 0 Å². The summed E-state index contributed by atoms with van der Waals surface area (Å²) in [7, 11) is 0. The van der Waals surface area contributed by atoms with E-state index in [0.717, 1.165) is 22.4 Å². The van der Waals surface area contributed by atoms with Crippen LogP contribution in [-0.2, 0) is 19.1 Å². The molecule has 33 heavy (non-hydrogen) atoms. The lowest BCUT2D eigenvalue weighted by atomic mass is 9.93. The zero-order valence-electron chi connectivity index (χ0n) is 18.6. The van der Waals surface area contributed by atoms with Gasteiger partial charge in [0, 0.05) is 31.3 Å². The zero-order chi connectivity index (χ0) is 22.9. The van der Waals surface area contributed by atoms with Crippen molar-refractivity contribution in [3.8, 4) is 0 Å². The minimum Gasteiger partial charge on any atom is -0.370 e. The van der Waals surface area contributed by atoms with E-state index in [4.69, 9.17) is 4.74 Å². The first kappa shape index (κ1) is 21.4. The molecular weight excluding hydrogens is 418 g/mol. The molecule has 3 amide bonds. The first-order valence-electron chi connectivity index (χ1n) is 11.3. The summed E-state index contributed by atoms with van der Waals surface area (Å²) < 4.78 is 5.40. The Morgan fingerprint density at radius 2 is 1.85 bits per heavy atom. The van der Waals surface area contributed by atoms with Gasteiger partial charge in [-0.15, -0.1) is 0 Å². The third-order valence-corrected chi connectivity index (χ3v) is 6.69. The standard InChI is InChI=1S/C26H27N3O4/c1-17(30)28-11-10-18-6-2-3-7-21(18)24(28)13-26(32)29-14-19(22-8-4-5-9-23(22)29)12-20-15-33-16-25(31)27-20/h2-11,19-20,24H,12-16H2,1H3,(H,27,31). The molecule has 2 aromatic rings. The number of morpholine rings is 1. The molecule has 1 fully saturated rings. The predicted molar refractivity (Wildman–Crippen MR) is 124 cm³/mol. The minimum absolute atomic E-state index is 0.0183. The minimum atomic E-state index is -0.339. The third-order valence-electron chi connectivity index (χ3n) is 6.69. The van der Waals surface area contributed by atoms with Gasteiger partial charge in [-0.05, 0) is 35.3 Å². The van der Waals surface area contributed by atoms with E-state index in [1.165, 1.54) is 6.92 Å². The fraction of sp³-hybridized carbons (Fsp3) is 0.346. The van der Waals surface area contributed by atoms with E-state index in [0.29, 0.717) is 19.6 Å². The SMILES string of the molecule is CC(=O)N1C=Cc2ccccc2C1CC(=O)N1CC(CC2COCC(=O)N2)c2ccccc21. The van der Waals surface area contributed by atoms with Crippen LogP contribution in [-0.4, -0.2) is 48.4 Å². The van der Waals surface area contributed by atoms with Gasteiger partial charge in [0.2, 0.25) is 17.7 Å². The van der Waals surface area contributed by atoms with Gasteiger partial charge in [-0.25, -0.2) is 0 Å². The molecule has 1 saturated heterocycles. The molecule has 0 aromatic heterocycles. The van der Waals surface area contributed by atoms with Crippen molar-refractivity contribution in [2.75, 3.05) is 24.7 Å². The molecule has 5 rings (SSSR count). The highest BCUT2D eigenvalue weighted by Gasteiger charge is 2.37. The predicted octanol–water partition coefficient (Wildman–Crippen LogP) is 2.99. The lowest BCUT2D eigenvalue weighted by Gasteiger charge is -2.33. The molecule has 170 valence electrons. The van der Waals surface area contributed by atoms with Crippen molar-refractivity contribution in [1.82, 2.24) is 10.2 Å². The molecule has 2 aromatic carbocycles. The topological polar surface area (TPSA) is 79.0 Å². The summed E-state index contributed by atoms with van der Waals surface area (Å²) in [5.41, 5.74) is 4.03. The number of carbonyl (C=O) groups excluding carboxylic acids is 3. The van der Waals surface area contributed by atoms with Crippen molar-refractivity contribution in [2.45, 2.75) is 37.8 Å². The van der Waals surface area contributed by atoms with Crippen LogP contribution in [0.2, 0.25) is 0 Å². The van der Waals surface area contributed by atoms with Crippen LogP contribution < -0.4 is 10.2 Å². The summed E-state index contributed by atoms with van der Waals surface area (Å²) in [6, 6.07) is 15.4. The molecule has 3 heterocycles. The highest BCUT2D eigenvalue weighted by Crippen LogP contribution is 2.41. The first-order valence-corrected chi connectivity index (χ1v) is 11.3. The molecular formula is C26H27N3O4. The average Bonchev–Trinajstić information content (AvgIpc) is 3.17. The van der Waals surface area contributed by atoms with E-state index < -0.39 is 0 Å². The second kappa shape index (κ2) is 8.83. The molecule has 0 spiro atoms. The van der Waals surface area contributed by atoms with E-state index in [9.17, 15) is 14.4 Å². The Morgan fingerprint density at radius 3 is 2.64 bits per heavy atom. The number of para-hydroxylation sites is 1. The summed E-state index contributed by atoms with van der Waals surface area (Å²) >= 11 is 0. The molecule has 3 unspecified atom stereocenters. The van der Waals surface area contributed by atoms with Gasteiger partial charge in [0.25, 0.3) is 0 Å². The van der Waals surface area contributed by atoms with Crippen LogP contribution in [0.5, 0.6) is 0 Å². The normalized spacial score (nSPS) is 23.7. The number of rotatable bonds is 4. The van der Waals surface area contributed by atoms with Crippen LogP contribution in [0.25, 0.3) is 6.08 Å².